The van der Waals surface area contributed by atoms with Gasteiger partial charge in [-0.3, -0.25) is 4.79 Å². The van der Waals surface area contributed by atoms with E-state index >= 15 is 0 Å². The summed E-state index contributed by atoms with van der Waals surface area (Å²) in [6.07, 6.45) is 0. The molecule has 14 heavy (non-hydrogen) atoms. The van der Waals surface area contributed by atoms with Crippen molar-refractivity contribution < 1.29 is 4.79 Å². The molecular formula is C10H21N3O. The van der Waals surface area contributed by atoms with Crippen molar-refractivity contribution >= 4 is 5.91 Å². The van der Waals surface area contributed by atoms with Gasteiger partial charge in [-0.05, 0) is 5.92 Å². The summed E-state index contributed by atoms with van der Waals surface area (Å²) in [5.41, 5.74) is 5.62. The van der Waals surface area contributed by atoms with Gasteiger partial charge in [0.2, 0.25) is 5.91 Å². The quantitative estimate of drug-likeness (QED) is 0.653. The fourth-order valence-corrected chi connectivity index (χ4v) is 1.78. The molecule has 1 rings (SSSR count). The van der Waals surface area contributed by atoms with E-state index in [1.54, 1.807) is 0 Å². The number of amides is 1. The predicted molar refractivity (Wildman–Crippen MR) is 56.8 cm³/mol. The molecule has 1 fully saturated rings. The fourth-order valence-electron chi connectivity index (χ4n) is 1.78. The number of nitrogens with two attached hydrogens (primary N) is 1. The minimum Gasteiger partial charge on any atom is -0.340 e. The van der Waals surface area contributed by atoms with Crippen LogP contribution in [0.4, 0.5) is 0 Å². The molecule has 4 heteroatoms. The van der Waals surface area contributed by atoms with E-state index in [-0.39, 0.29) is 11.8 Å². The van der Waals surface area contributed by atoms with E-state index < -0.39 is 0 Å². The molecule has 0 spiro atoms. The van der Waals surface area contributed by atoms with Gasteiger partial charge in [-0.2, -0.15) is 0 Å². The smallest absolute Gasteiger partial charge is 0.227 e. The highest BCUT2D eigenvalue weighted by Crippen LogP contribution is 2.13. The van der Waals surface area contributed by atoms with Crippen LogP contribution in [0.5, 0.6) is 0 Å². The van der Waals surface area contributed by atoms with Crippen LogP contribution in [-0.4, -0.2) is 43.5 Å². The van der Waals surface area contributed by atoms with Crippen LogP contribution in [0.2, 0.25) is 0 Å². The number of carbonyl (C=O) groups is 1. The topological polar surface area (TPSA) is 58.4 Å². The van der Waals surface area contributed by atoms with Gasteiger partial charge in [0.25, 0.3) is 0 Å². The minimum atomic E-state index is -0.00639. The summed E-state index contributed by atoms with van der Waals surface area (Å²) in [6.45, 7) is 8.02. The van der Waals surface area contributed by atoms with Crippen LogP contribution in [0, 0.1) is 11.8 Å². The Hall–Kier alpha value is -0.610. The molecular weight excluding hydrogens is 178 g/mol. The van der Waals surface area contributed by atoms with E-state index in [1.807, 2.05) is 4.90 Å². The Morgan fingerprint density at radius 3 is 2.43 bits per heavy atom. The summed E-state index contributed by atoms with van der Waals surface area (Å²) in [6, 6.07) is 0. The van der Waals surface area contributed by atoms with Gasteiger partial charge in [-0.25, -0.2) is 0 Å². The zero-order valence-electron chi connectivity index (χ0n) is 9.12. The lowest BCUT2D eigenvalue weighted by Crippen LogP contribution is -2.50. The van der Waals surface area contributed by atoms with E-state index in [9.17, 15) is 4.79 Å². The Kier molecular flexibility index (Phi) is 4.35. The van der Waals surface area contributed by atoms with Crippen LogP contribution >= 0.6 is 0 Å². The second-order valence-corrected chi connectivity index (χ2v) is 4.16. The van der Waals surface area contributed by atoms with Crippen molar-refractivity contribution in [2.75, 3.05) is 32.7 Å². The number of carbonyl (C=O) groups excluding carboxylic acids is 1. The number of nitrogens with zero attached hydrogens (tertiary/aromatic N) is 1. The molecule has 1 atom stereocenters. The van der Waals surface area contributed by atoms with E-state index in [1.165, 1.54) is 0 Å². The van der Waals surface area contributed by atoms with Crippen molar-refractivity contribution in [1.82, 2.24) is 10.2 Å². The van der Waals surface area contributed by atoms with Gasteiger partial charge in [-0.15, -0.1) is 0 Å². The van der Waals surface area contributed by atoms with Crippen LogP contribution in [-0.2, 0) is 4.79 Å². The average Bonchev–Trinajstić information content (AvgIpc) is 2.19. The monoisotopic (exact) mass is 199 g/mol. The zero-order chi connectivity index (χ0) is 10.6. The van der Waals surface area contributed by atoms with E-state index in [2.05, 4.69) is 19.2 Å². The summed E-state index contributed by atoms with van der Waals surface area (Å²) in [5.74, 6) is 0.555. The first kappa shape index (κ1) is 11.5. The van der Waals surface area contributed by atoms with Crippen molar-refractivity contribution in [2.45, 2.75) is 13.8 Å². The average molecular weight is 199 g/mol. The van der Waals surface area contributed by atoms with Gasteiger partial charge in [0, 0.05) is 32.7 Å². The third kappa shape index (κ3) is 2.69. The van der Waals surface area contributed by atoms with Gasteiger partial charge >= 0.3 is 0 Å². The van der Waals surface area contributed by atoms with Gasteiger partial charge in [0.05, 0.1) is 5.92 Å². The van der Waals surface area contributed by atoms with E-state index in [0.717, 1.165) is 26.2 Å². The maximum atomic E-state index is 12.0. The molecule has 0 bridgehead atoms. The molecule has 0 saturated carbocycles. The number of hydrogen-bond donors (Lipinski definition) is 2. The third-order valence-corrected chi connectivity index (χ3v) is 2.80. The Balaban J connectivity index is 2.52. The minimum absolute atomic E-state index is 0.00639. The number of rotatable bonds is 3. The molecule has 1 saturated heterocycles. The number of piperazine rings is 1. The molecule has 1 aliphatic heterocycles. The predicted octanol–water partition coefficient (Wildman–Crippen LogP) is -0.351. The molecule has 1 unspecified atom stereocenters. The summed E-state index contributed by atoms with van der Waals surface area (Å²) in [5, 5.41) is 3.23. The highest BCUT2D eigenvalue weighted by atomic mass is 16.2. The maximum Gasteiger partial charge on any atom is 0.227 e. The highest BCUT2D eigenvalue weighted by Gasteiger charge is 2.26. The Morgan fingerprint density at radius 1 is 1.43 bits per heavy atom. The SMILES string of the molecule is CC(C)C(CN)C(=O)N1CCNCC1. The van der Waals surface area contributed by atoms with Crippen LogP contribution in [0.1, 0.15) is 13.8 Å². The lowest BCUT2D eigenvalue weighted by atomic mass is 9.94. The molecule has 0 aromatic heterocycles. The number of hydrogen-bond acceptors (Lipinski definition) is 3. The molecule has 1 heterocycles. The highest BCUT2D eigenvalue weighted by molar-refractivity contribution is 5.79. The third-order valence-electron chi connectivity index (χ3n) is 2.80. The molecule has 1 aliphatic rings. The molecule has 0 aromatic rings. The van der Waals surface area contributed by atoms with Crippen LogP contribution in [0.15, 0.2) is 0 Å². The number of nitrogens with one attached hydrogen (secondary N) is 1. The van der Waals surface area contributed by atoms with Crippen LogP contribution in [0.3, 0.4) is 0 Å². The van der Waals surface area contributed by atoms with Gasteiger partial charge in [0.1, 0.15) is 0 Å². The first-order valence-corrected chi connectivity index (χ1v) is 5.36. The summed E-state index contributed by atoms with van der Waals surface area (Å²) < 4.78 is 0. The Bertz CT molecular complexity index is 188. The summed E-state index contributed by atoms with van der Waals surface area (Å²) >= 11 is 0. The second-order valence-electron chi connectivity index (χ2n) is 4.16. The largest absolute Gasteiger partial charge is 0.340 e. The Morgan fingerprint density at radius 2 is 2.00 bits per heavy atom. The van der Waals surface area contributed by atoms with E-state index in [0.29, 0.717) is 12.5 Å². The van der Waals surface area contributed by atoms with Crippen LogP contribution in [0.25, 0.3) is 0 Å². The van der Waals surface area contributed by atoms with Crippen molar-refractivity contribution in [3.8, 4) is 0 Å². The molecule has 0 aliphatic carbocycles. The molecule has 4 nitrogen and oxygen atoms in total. The maximum absolute atomic E-state index is 12.0. The molecule has 82 valence electrons. The van der Waals surface area contributed by atoms with Gasteiger partial charge in [-0.1, -0.05) is 13.8 Å². The zero-order valence-corrected chi connectivity index (χ0v) is 9.12. The lowest BCUT2D eigenvalue weighted by molar-refractivity contribution is -0.137. The van der Waals surface area contributed by atoms with Crippen molar-refractivity contribution in [1.29, 1.82) is 0 Å². The second kappa shape index (κ2) is 5.32. The van der Waals surface area contributed by atoms with E-state index in [4.69, 9.17) is 5.73 Å². The normalized spacial score (nSPS) is 19.9. The first-order chi connectivity index (χ1) is 6.66. The molecule has 3 N–H and O–H groups in total. The summed E-state index contributed by atoms with van der Waals surface area (Å²) in [7, 11) is 0. The molecule has 0 aromatic carbocycles. The summed E-state index contributed by atoms with van der Waals surface area (Å²) in [4.78, 5) is 13.9. The van der Waals surface area contributed by atoms with Crippen LogP contribution < -0.4 is 11.1 Å². The molecule has 1 amide bonds. The lowest BCUT2D eigenvalue weighted by Gasteiger charge is -2.31. The van der Waals surface area contributed by atoms with Gasteiger partial charge in [0.15, 0.2) is 0 Å². The van der Waals surface area contributed by atoms with Crippen molar-refractivity contribution in [3.63, 3.8) is 0 Å². The van der Waals surface area contributed by atoms with Gasteiger partial charge < -0.3 is 16.0 Å². The first-order valence-electron chi connectivity index (χ1n) is 5.36. The Labute approximate surface area is 85.8 Å². The van der Waals surface area contributed by atoms with Crippen molar-refractivity contribution in [3.05, 3.63) is 0 Å². The molecule has 0 radical (unpaired) electrons. The van der Waals surface area contributed by atoms with Crippen molar-refractivity contribution in [2.24, 2.45) is 17.6 Å². The fraction of sp³-hybridized carbons (Fsp3) is 0.900. The standard InChI is InChI=1S/C10H21N3O/c1-8(2)9(7-11)10(14)13-5-3-12-4-6-13/h8-9,12H,3-7,11H2,1-2H3.